The summed E-state index contributed by atoms with van der Waals surface area (Å²) < 4.78 is 0. The first-order valence-electron chi connectivity index (χ1n) is 7.31. The predicted octanol–water partition coefficient (Wildman–Crippen LogP) is 4.15. The van der Waals surface area contributed by atoms with Crippen LogP contribution >= 0.6 is 0 Å². The second kappa shape index (κ2) is 7.25. The fraction of sp³-hybridized carbons (Fsp3) is 0.471. The highest BCUT2D eigenvalue weighted by Gasteiger charge is 1.98. The molecule has 0 radical (unpaired) electrons. The molecule has 102 valence electrons. The molecule has 0 aliphatic rings. The van der Waals surface area contributed by atoms with E-state index in [0.29, 0.717) is 0 Å². The van der Waals surface area contributed by atoms with Gasteiger partial charge in [0.25, 0.3) is 0 Å². The Labute approximate surface area is 116 Å². The van der Waals surface area contributed by atoms with Crippen LogP contribution in [0.4, 0.5) is 0 Å². The molecule has 0 spiro atoms. The highest BCUT2D eigenvalue weighted by molar-refractivity contribution is 5.78. The van der Waals surface area contributed by atoms with E-state index in [1.807, 2.05) is 6.07 Å². The van der Waals surface area contributed by atoms with Crippen molar-refractivity contribution in [2.75, 3.05) is 6.54 Å². The van der Waals surface area contributed by atoms with Gasteiger partial charge in [-0.15, -0.1) is 0 Å². The third kappa shape index (κ3) is 4.64. The van der Waals surface area contributed by atoms with Crippen LogP contribution in [0.3, 0.4) is 0 Å². The Bertz CT molecular complexity index is 505. The summed E-state index contributed by atoms with van der Waals surface area (Å²) in [5.41, 5.74) is 2.21. The molecule has 0 unspecified atom stereocenters. The highest BCUT2D eigenvalue weighted by atomic mass is 14.9. The van der Waals surface area contributed by atoms with Crippen molar-refractivity contribution in [3.8, 4) is 0 Å². The Kier molecular flexibility index (Phi) is 5.34. The molecule has 2 rings (SSSR count). The van der Waals surface area contributed by atoms with E-state index >= 15 is 0 Å². The van der Waals surface area contributed by atoms with Crippen molar-refractivity contribution < 1.29 is 0 Å². The van der Waals surface area contributed by atoms with Gasteiger partial charge in [0.2, 0.25) is 0 Å². The average molecular weight is 256 g/mol. The van der Waals surface area contributed by atoms with Gasteiger partial charge in [0, 0.05) is 11.9 Å². The van der Waals surface area contributed by atoms with Gasteiger partial charge >= 0.3 is 0 Å². The second-order valence-corrected chi connectivity index (χ2v) is 5.56. The minimum absolute atomic E-state index is 0.821. The zero-order chi connectivity index (χ0) is 13.5. The van der Waals surface area contributed by atoms with E-state index in [2.05, 4.69) is 54.5 Å². The maximum Gasteiger partial charge on any atom is 0.0705 e. The van der Waals surface area contributed by atoms with Crippen molar-refractivity contribution in [3.63, 3.8) is 0 Å². The van der Waals surface area contributed by atoms with Gasteiger partial charge in [-0.2, -0.15) is 0 Å². The summed E-state index contributed by atoms with van der Waals surface area (Å²) in [7, 11) is 0. The normalized spacial score (nSPS) is 11.3. The van der Waals surface area contributed by atoms with Crippen molar-refractivity contribution in [1.29, 1.82) is 0 Å². The van der Waals surface area contributed by atoms with Crippen LogP contribution in [0.5, 0.6) is 0 Å². The van der Waals surface area contributed by atoms with Gasteiger partial charge in [-0.25, -0.2) is 0 Å². The van der Waals surface area contributed by atoms with Gasteiger partial charge in [0.1, 0.15) is 0 Å². The van der Waals surface area contributed by atoms with Crippen LogP contribution in [0, 0.1) is 5.92 Å². The Morgan fingerprint density at radius 2 is 1.89 bits per heavy atom. The minimum atomic E-state index is 0.821. The molecule has 0 aliphatic carbocycles. The summed E-state index contributed by atoms with van der Waals surface area (Å²) in [6.07, 6.45) is 3.90. The lowest BCUT2D eigenvalue weighted by molar-refractivity contribution is 0.519. The van der Waals surface area contributed by atoms with E-state index in [4.69, 9.17) is 0 Å². The van der Waals surface area contributed by atoms with Gasteiger partial charge in [-0.1, -0.05) is 51.0 Å². The minimum Gasteiger partial charge on any atom is -0.311 e. The van der Waals surface area contributed by atoms with Crippen LogP contribution in [0.2, 0.25) is 0 Å². The quantitative estimate of drug-likeness (QED) is 0.753. The third-order valence-electron chi connectivity index (χ3n) is 3.35. The van der Waals surface area contributed by atoms with Gasteiger partial charge < -0.3 is 5.32 Å². The molecule has 1 N–H and O–H groups in total. The number of nitrogens with one attached hydrogen (secondary N) is 1. The first kappa shape index (κ1) is 14.0. The van der Waals surface area contributed by atoms with E-state index in [-0.39, 0.29) is 0 Å². The Morgan fingerprint density at radius 3 is 2.74 bits per heavy atom. The van der Waals surface area contributed by atoms with Crippen molar-refractivity contribution in [3.05, 3.63) is 42.1 Å². The molecule has 0 saturated carbocycles. The van der Waals surface area contributed by atoms with Crippen molar-refractivity contribution in [2.45, 2.75) is 39.7 Å². The summed E-state index contributed by atoms with van der Waals surface area (Å²) in [5.74, 6) is 0.821. The number of rotatable bonds is 7. The number of nitrogens with zero attached hydrogens (tertiary/aromatic N) is 1. The lowest BCUT2D eigenvalue weighted by atomic mass is 10.1. The van der Waals surface area contributed by atoms with Gasteiger partial charge in [0.15, 0.2) is 0 Å². The van der Waals surface area contributed by atoms with Gasteiger partial charge in [0.05, 0.1) is 11.2 Å². The molecule has 2 nitrogen and oxygen atoms in total. The lowest BCUT2D eigenvalue weighted by Crippen LogP contribution is -2.15. The molecule has 2 aromatic rings. The molecular formula is C17H24N2. The van der Waals surface area contributed by atoms with Crippen LogP contribution in [-0.2, 0) is 6.54 Å². The average Bonchev–Trinajstić information content (AvgIpc) is 2.42. The Balaban J connectivity index is 1.75. The number of benzene rings is 1. The number of hydrogen-bond donors (Lipinski definition) is 1. The van der Waals surface area contributed by atoms with Crippen LogP contribution in [0.15, 0.2) is 36.4 Å². The molecule has 0 bridgehead atoms. The Hall–Kier alpha value is -1.41. The van der Waals surface area contributed by atoms with Crippen molar-refractivity contribution in [1.82, 2.24) is 10.3 Å². The largest absolute Gasteiger partial charge is 0.311 e. The van der Waals surface area contributed by atoms with E-state index in [0.717, 1.165) is 30.2 Å². The number of unbranched alkanes of at least 4 members (excludes halogenated alkanes) is 1. The number of hydrogen-bond acceptors (Lipinski definition) is 2. The monoisotopic (exact) mass is 256 g/mol. The van der Waals surface area contributed by atoms with E-state index in [9.17, 15) is 0 Å². The smallest absolute Gasteiger partial charge is 0.0705 e. The van der Waals surface area contributed by atoms with E-state index in [1.54, 1.807) is 0 Å². The lowest BCUT2D eigenvalue weighted by Gasteiger charge is -2.07. The first-order chi connectivity index (χ1) is 9.25. The maximum atomic E-state index is 4.66. The van der Waals surface area contributed by atoms with E-state index in [1.165, 1.54) is 24.6 Å². The summed E-state index contributed by atoms with van der Waals surface area (Å²) in [4.78, 5) is 4.66. The second-order valence-electron chi connectivity index (χ2n) is 5.56. The van der Waals surface area contributed by atoms with Crippen LogP contribution in [0.25, 0.3) is 10.9 Å². The topological polar surface area (TPSA) is 24.9 Å². The molecule has 0 aliphatic heterocycles. The molecule has 0 fully saturated rings. The Morgan fingerprint density at radius 1 is 1.05 bits per heavy atom. The number of pyridine rings is 1. The summed E-state index contributed by atoms with van der Waals surface area (Å²) in [6.45, 7) is 6.52. The SMILES string of the molecule is CC(C)CCCCNCc1ccc2ccccc2n1. The maximum absolute atomic E-state index is 4.66. The van der Waals surface area contributed by atoms with Crippen molar-refractivity contribution in [2.24, 2.45) is 5.92 Å². The van der Waals surface area contributed by atoms with Crippen molar-refractivity contribution >= 4 is 10.9 Å². The van der Waals surface area contributed by atoms with Gasteiger partial charge in [-0.05, 0) is 31.0 Å². The van der Waals surface area contributed by atoms with E-state index < -0.39 is 0 Å². The molecular weight excluding hydrogens is 232 g/mol. The first-order valence-corrected chi connectivity index (χ1v) is 7.31. The molecule has 1 aromatic heterocycles. The highest BCUT2D eigenvalue weighted by Crippen LogP contribution is 2.11. The summed E-state index contributed by atoms with van der Waals surface area (Å²) in [5, 5.41) is 4.69. The van der Waals surface area contributed by atoms with Crippen LogP contribution < -0.4 is 5.32 Å². The standard InChI is InChI=1S/C17H24N2/c1-14(2)7-5-6-12-18-13-16-11-10-15-8-3-4-9-17(15)19-16/h3-4,8-11,14,18H,5-7,12-13H2,1-2H3. The zero-order valence-corrected chi connectivity index (χ0v) is 12.0. The number of aromatic nitrogens is 1. The third-order valence-corrected chi connectivity index (χ3v) is 3.35. The number of fused-ring (bicyclic) bond motifs is 1. The fourth-order valence-corrected chi connectivity index (χ4v) is 2.23. The molecule has 1 heterocycles. The zero-order valence-electron chi connectivity index (χ0n) is 12.0. The molecule has 1 aromatic carbocycles. The van der Waals surface area contributed by atoms with Gasteiger partial charge in [-0.3, -0.25) is 4.98 Å². The molecule has 0 saturated heterocycles. The molecule has 19 heavy (non-hydrogen) atoms. The summed E-state index contributed by atoms with van der Waals surface area (Å²) >= 11 is 0. The van der Waals surface area contributed by atoms with Crippen LogP contribution in [0.1, 0.15) is 38.8 Å². The molecule has 2 heteroatoms. The van der Waals surface area contributed by atoms with Crippen LogP contribution in [-0.4, -0.2) is 11.5 Å². The molecule has 0 amide bonds. The number of para-hydroxylation sites is 1. The molecule has 0 atom stereocenters. The predicted molar refractivity (Wildman–Crippen MR) is 82.1 cm³/mol. The summed E-state index contributed by atoms with van der Waals surface area (Å²) in [6, 6.07) is 12.5. The fourth-order valence-electron chi connectivity index (χ4n) is 2.23.